The van der Waals surface area contributed by atoms with Gasteiger partial charge in [-0.15, -0.1) is 0 Å². The summed E-state index contributed by atoms with van der Waals surface area (Å²) in [5.41, 5.74) is 1.48. The van der Waals surface area contributed by atoms with E-state index in [1.165, 1.54) is 0 Å². The summed E-state index contributed by atoms with van der Waals surface area (Å²) in [7, 11) is 4.44. The van der Waals surface area contributed by atoms with Crippen molar-refractivity contribution < 1.29 is 14.8 Å². The van der Waals surface area contributed by atoms with Crippen LogP contribution in [0, 0.1) is 0 Å². The van der Waals surface area contributed by atoms with E-state index in [-0.39, 0.29) is 0 Å². The molecule has 1 aromatic carbocycles. The lowest BCUT2D eigenvalue weighted by atomic mass is 9.76. The van der Waals surface area contributed by atoms with Crippen molar-refractivity contribution in [1.29, 1.82) is 0 Å². The van der Waals surface area contributed by atoms with Crippen LogP contribution in [0.3, 0.4) is 0 Å². The molecule has 1 fully saturated rings. The van der Waals surface area contributed by atoms with Crippen molar-refractivity contribution in [1.82, 2.24) is 9.80 Å². The molecule has 1 aliphatic rings. The fourth-order valence-corrected chi connectivity index (χ4v) is 2.93. The molecular weight excluding hydrogens is 267 g/mol. The molecule has 1 aliphatic heterocycles. The number of rotatable bonds is 5. The number of hydrogen-bond donors (Lipinski definition) is 2. The molecule has 0 radical (unpaired) electrons. The number of benzene rings is 1. The van der Waals surface area contributed by atoms with Gasteiger partial charge in [-0.05, 0) is 63.2 Å². The number of hydrogen-bond acceptors (Lipinski definition) is 5. The SMILES string of the molecule is COc1ccc(B(O)O)c(CN2CCC(N(C)C)CC2)c1. The number of nitrogens with zero attached hydrogens (tertiary/aromatic N) is 2. The molecule has 2 N–H and O–H groups in total. The maximum Gasteiger partial charge on any atom is 0.488 e. The lowest BCUT2D eigenvalue weighted by Gasteiger charge is -2.35. The summed E-state index contributed by atoms with van der Waals surface area (Å²) in [4.78, 5) is 4.65. The van der Waals surface area contributed by atoms with E-state index in [1.807, 2.05) is 6.07 Å². The van der Waals surface area contributed by atoms with Gasteiger partial charge in [-0.1, -0.05) is 6.07 Å². The summed E-state index contributed by atoms with van der Waals surface area (Å²) in [6, 6.07) is 6.03. The van der Waals surface area contributed by atoms with Gasteiger partial charge in [0.05, 0.1) is 7.11 Å². The highest BCUT2D eigenvalue weighted by molar-refractivity contribution is 6.59. The summed E-state index contributed by atoms with van der Waals surface area (Å²) >= 11 is 0. The minimum absolute atomic E-state index is 0.561. The van der Waals surface area contributed by atoms with E-state index < -0.39 is 7.12 Å². The smallest absolute Gasteiger partial charge is 0.488 e. The fourth-order valence-electron chi connectivity index (χ4n) is 2.93. The second-order valence-electron chi connectivity index (χ2n) is 5.91. The van der Waals surface area contributed by atoms with Crippen molar-refractivity contribution in [3.8, 4) is 5.75 Å². The van der Waals surface area contributed by atoms with Crippen molar-refractivity contribution in [3.05, 3.63) is 23.8 Å². The summed E-state index contributed by atoms with van der Waals surface area (Å²) in [5.74, 6) is 0.748. The highest BCUT2D eigenvalue weighted by Crippen LogP contribution is 2.18. The first-order chi connectivity index (χ1) is 10.0. The van der Waals surface area contributed by atoms with Gasteiger partial charge in [0.25, 0.3) is 0 Å². The summed E-state index contributed by atoms with van der Waals surface area (Å²) in [5, 5.41) is 19.0. The maximum absolute atomic E-state index is 9.50. The third-order valence-corrected chi connectivity index (χ3v) is 4.31. The second-order valence-corrected chi connectivity index (χ2v) is 5.91. The van der Waals surface area contributed by atoms with E-state index >= 15 is 0 Å². The molecule has 116 valence electrons. The van der Waals surface area contributed by atoms with Crippen LogP contribution in [0.4, 0.5) is 0 Å². The Kier molecular flexibility index (Phi) is 5.64. The van der Waals surface area contributed by atoms with Gasteiger partial charge in [0.15, 0.2) is 0 Å². The van der Waals surface area contributed by atoms with Gasteiger partial charge in [-0.25, -0.2) is 0 Å². The highest BCUT2D eigenvalue weighted by atomic mass is 16.5. The molecule has 21 heavy (non-hydrogen) atoms. The first-order valence-electron chi connectivity index (χ1n) is 7.43. The molecule has 0 spiro atoms. The Morgan fingerprint density at radius 2 is 1.95 bits per heavy atom. The van der Waals surface area contributed by atoms with Crippen LogP contribution in [0.15, 0.2) is 18.2 Å². The Morgan fingerprint density at radius 1 is 1.29 bits per heavy atom. The van der Waals surface area contributed by atoms with Gasteiger partial charge in [-0.3, -0.25) is 4.90 Å². The summed E-state index contributed by atoms with van der Waals surface area (Å²) in [6.07, 6.45) is 2.29. The van der Waals surface area contributed by atoms with Crippen LogP contribution < -0.4 is 10.2 Å². The Morgan fingerprint density at radius 3 is 2.48 bits per heavy atom. The van der Waals surface area contributed by atoms with Crippen LogP contribution in [-0.4, -0.2) is 67.3 Å². The topological polar surface area (TPSA) is 56.2 Å². The lowest BCUT2D eigenvalue weighted by Crippen LogP contribution is -2.43. The van der Waals surface area contributed by atoms with Gasteiger partial charge < -0.3 is 19.7 Å². The zero-order valence-electron chi connectivity index (χ0n) is 13.1. The Hall–Kier alpha value is -1.08. The van der Waals surface area contributed by atoms with E-state index in [2.05, 4.69) is 23.9 Å². The van der Waals surface area contributed by atoms with Crippen LogP contribution in [0.25, 0.3) is 0 Å². The zero-order chi connectivity index (χ0) is 15.4. The quantitative estimate of drug-likeness (QED) is 0.742. The van der Waals surface area contributed by atoms with E-state index in [1.54, 1.807) is 19.2 Å². The summed E-state index contributed by atoms with van der Waals surface area (Å²) < 4.78 is 5.24. The van der Waals surface area contributed by atoms with E-state index in [0.717, 1.165) is 43.8 Å². The minimum atomic E-state index is -1.44. The van der Waals surface area contributed by atoms with Gasteiger partial charge in [0.1, 0.15) is 5.75 Å². The van der Waals surface area contributed by atoms with Crippen LogP contribution in [-0.2, 0) is 6.54 Å². The third kappa shape index (κ3) is 4.20. The summed E-state index contributed by atoms with van der Waals surface area (Å²) in [6.45, 7) is 2.78. The molecule has 0 bridgehead atoms. The van der Waals surface area contributed by atoms with Gasteiger partial charge >= 0.3 is 7.12 Å². The predicted molar refractivity (Wildman–Crippen MR) is 84.8 cm³/mol. The number of methoxy groups -OCH3 is 1. The fraction of sp³-hybridized carbons (Fsp3) is 0.600. The molecule has 0 unspecified atom stereocenters. The van der Waals surface area contributed by atoms with Crippen LogP contribution in [0.1, 0.15) is 18.4 Å². The molecule has 2 rings (SSSR count). The van der Waals surface area contributed by atoms with Crippen molar-refractivity contribution in [3.63, 3.8) is 0 Å². The average Bonchev–Trinajstić information content (AvgIpc) is 2.47. The molecule has 1 heterocycles. The maximum atomic E-state index is 9.50. The number of likely N-dealkylation sites (tertiary alicyclic amines) is 1. The molecular formula is C15H25BN2O3. The van der Waals surface area contributed by atoms with Crippen molar-refractivity contribution in [2.24, 2.45) is 0 Å². The van der Waals surface area contributed by atoms with Gasteiger partial charge in [0.2, 0.25) is 0 Å². The largest absolute Gasteiger partial charge is 0.497 e. The Bertz CT molecular complexity index is 460. The Labute approximate surface area is 127 Å². The normalized spacial score (nSPS) is 17.2. The molecule has 1 aromatic rings. The average molecular weight is 292 g/mol. The van der Waals surface area contributed by atoms with Gasteiger partial charge in [0, 0.05) is 12.6 Å². The van der Waals surface area contributed by atoms with E-state index in [4.69, 9.17) is 4.74 Å². The number of piperidine rings is 1. The molecule has 0 atom stereocenters. The molecule has 0 saturated carbocycles. The van der Waals surface area contributed by atoms with Crippen molar-refractivity contribution in [2.75, 3.05) is 34.3 Å². The molecule has 0 aromatic heterocycles. The lowest BCUT2D eigenvalue weighted by molar-refractivity contribution is 0.140. The molecule has 1 saturated heterocycles. The second kappa shape index (κ2) is 7.27. The first-order valence-corrected chi connectivity index (χ1v) is 7.43. The van der Waals surface area contributed by atoms with Gasteiger partial charge in [-0.2, -0.15) is 0 Å². The third-order valence-electron chi connectivity index (χ3n) is 4.31. The first kappa shape index (κ1) is 16.3. The van der Waals surface area contributed by atoms with E-state index in [9.17, 15) is 10.0 Å². The standard InChI is InChI=1S/C15H25BN2O3/c1-17(2)13-6-8-18(9-7-13)11-12-10-14(21-3)4-5-15(12)16(19)20/h4-5,10,13,19-20H,6-9,11H2,1-3H3. The van der Waals surface area contributed by atoms with Crippen LogP contribution in [0.5, 0.6) is 5.75 Å². The minimum Gasteiger partial charge on any atom is -0.497 e. The zero-order valence-corrected chi connectivity index (χ0v) is 13.1. The molecule has 6 heteroatoms. The monoisotopic (exact) mass is 292 g/mol. The highest BCUT2D eigenvalue weighted by Gasteiger charge is 2.23. The Balaban J connectivity index is 2.05. The van der Waals surface area contributed by atoms with Crippen LogP contribution >= 0.6 is 0 Å². The van der Waals surface area contributed by atoms with Crippen molar-refractivity contribution >= 4 is 12.6 Å². The molecule has 0 amide bonds. The van der Waals surface area contributed by atoms with Crippen LogP contribution in [0.2, 0.25) is 0 Å². The number of ether oxygens (including phenoxy) is 1. The van der Waals surface area contributed by atoms with Crippen molar-refractivity contribution in [2.45, 2.75) is 25.4 Å². The molecule has 5 nitrogen and oxygen atoms in total. The van der Waals surface area contributed by atoms with E-state index in [0.29, 0.717) is 11.5 Å². The molecule has 0 aliphatic carbocycles. The predicted octanol–water partition coefficient (Wildman–Crippen LogP) is -0.0990.